The van der Waals surface area contributed by atoms with Crippen molar-refractivity contribution in [1.82, 2.24) is 20.0 Å². The van der Waals surface area contributed by atoms with Crippen molar-refractivity contribution >= 4 is 0 Å². The molecule has 0 saturated carbocycles. The molecule has 1 aliphatic heterocycles. The topological polar surface area (TPSA) is 31.0 Å². The zero-order valence-corrected chi connectivity index (χ0v) is 14.8. The third-order valence-corrected chi connectivity index (χ3v) is 4.16. The van der Waals surface area contributed by atoms with E-state index in [-0.39, 0.29) is 0 Å². The lowest BCUT2D eigenvalue weighted by Crippen LogP contribution is -2.51. The van der Waals surface area contributed by atoms with Crippen LogP contribution in [-0.2, 0) is 4.74 Å². The van der Waals surface area contributed by atoms with Crippen LogP contribution in [0.2, 0.25) is 0 Å². The van der Waals surface area contributed by atoms with Gasteiger partial charge in [0.05, 0.1) is 19.4 Å². The lowest BCUT2D eigenvalue weighted by atomic mass is 10.2. The Labute approximate surface area is 131 Å². The largest absolute Gasteiger partial charge is 0.379 e. The Morgan fingerprint density at radius 2 is 1.76 bits per heavy atom. The second kappa shape index (κ2) is 10.5. The summed E-state index contributed by atoms with van der Waals surface area (Å²) in [6, 6.07) is 0.572. The summed E-state index contributed by atoms with van der Waals surface area (Å²) in [4.78, 5) is 7.31. The monoisotopic (exact) mass is 300 g/mol. The van der Waals surface area contributed by atoms with E-state index in [4.69, 9.17) is 4.74 Å². The van der Waals surface area contributed by atoms with E-state index in [1.165, 1.54) is 6.42 Å². The molecule has 1 N–H and O–H groups in total. The predicted octanol–water partition coefficient (Wildman–Crippen LogP) is 0.916. The smallest absolute Gasteiger partial charge is 0.0594 e. The number of hydrogen-bond donors (Lipinski definition) is 1. The average molecular weight is 300 g/mol. The summed E-state index contributed by atoms with van der Waals surface area (Å²) in [6.07, 6.45) is 1.64. The molecule has 1 unspecified atom stereocenters. The first-order valence-electron chi connectivity index (χ1n) is 8.44. The molecule has 1 saturated heterocycles. The zero-order chi connectivity index (χ0) is 15.7. The Kier molecular flexibility index (Phi) is 9.44. The Balaban J connectivity index is 2.26. The summed E-state index contributed by atoms with van der Waals surface area (Å²) in [5.41, 5.74) is 0. The Morgan fingerprint density at radius 3 is 2.33 bits per heavy atom. The van der Waals surface area contributed by atoms with Crippen LogP contribution >= 0.6 is 0 Å². The second-order valence-corrected chi connectivity index (χ2v) is 6.57. The van der Waals surface area contributed by atoms with Gasteiger partial charge in [0.25, 0.3) is 0 Å². The molecule has 0 spiro atoms. The van der Waals surface area contributed by atoms with Gasteiger partial charge in [-0.25, -0.2) is 0 Å². The van der Waals surface area contributed by atoms with Crippen molar-refractivity contribution in [2.75, 3.05) is 66.6 Å². The second-order valence-electron chi connectivity index (χ2n) is 6.57. The van der Waals surface area contributed by atoms with Crippen molar-refractivity contribution in [2.45, 2.75) is 39.4 Å². The summed E-state index contributed by atoms with van der Waals surface area (Å²) >= 11 is 0. The predicted molar refractivity (Wildman–Crippen MR) is 89.7 cm³/mol. The molecule has 5 heteroatoms. The van der Waals surface area contributed by atoms with E-state index in [2.05, 4.69) is 54.9 Å². The number of nitrogens with zero attached hydrogens (tertiary/aromatic N) is 3. The summed E-state index contributed by atoms with van der Waals surface area (Å²) < 4.78 is 5.41. The van der Waals surface area contributed by atoms with E-state index in [9.17, 15) is 0 Å². The standard InChI is InChI=1S/C16H36N4O/c1-15(2)20(10-9-19-11-13-21-14-12-19)16(3)17-7-6-8-18(4)5/h15-17H,6-14H2,1-5H3. The molecule has 1 aliphatic rings. The van der Waals surface area contributed by atoms with Crippen molar-refractivity contribution < 1.29 is 4.74 Å². The van der Waals surface area contributed by atoms with E-state index in [0.29, 0.717) is 12.2 Å². The van der Waals surface area contributed by atoms with Gasteiger partial charge in [0.2, 0.25) is 0 Å². The molecule has 1 rings (SSSR count). The first kappa shape index (κ1) is 18.8. The van der Waals surface area contributed by atoms with Crippen LogP contribution in [0.5, 0.6) is 0 Å². The molecule has 0 amide bonds. The maximum absolute atomic E-state index is 5.41. The quantitative estimate of drug-likeness (QED) is 0.479. The van der Waals surface area contributed by atoms with Crippen molar-refractivity contribution in [2.24, 2.45) is 0 Å². The third kappa shape index (κ3) is 8.12. The van der Waals surface area contributed by atoms with E-state index in [0.717, 1.165) is 52.5 Å². The molecule has 126 valence electrons. The van der Waals surface area contributed by atoms with Crippen molar-refractivity contribution in [3.8, 4) is 0 Å². The highest BCUT2D eigenvalue weighted by atomic mass is 16.5. The molecule has 0 aromatic heterocycles. The highest BCUT2D eigenvalue weighted by molar-refractivity contribution is 4.72. The molecule has 0 aliphatic carbocycles. The molecule has 0 aromatic carbocycles. The van der Waals surface area contributed by atoms with Crippen molar-refractivity contribution in [3.05, 3.63) is 0 Å². The normalized spacial score (nSPS) is 18.9. The summed E-state index contributed by atoms with van der Waals surface area (Å²) in [7, 11) is 4.26. The lowest BCUT2D eigenvalue weighted by molar-refractivity contribution is 0.0269. The van der Waals surface area contributed by atoms with Gasteiger partial charge in [0, 0.05) is 32.2 Å². The van der Waals surface area contributed by atoms with Gasteiger partial charge in [-0.2, -0.15) is 0 Å². The summed E-state index contributed by atoms with van der Waals surface area (Å²) in [5, 5.41) is 3.66. The lowest BCUT2D eigenvalue weighted by Gasteiger charge is -2.36. The Bertz CT molecular complexity index is 255. The molecule has 1 heterocycles. The first-order valence-corrected chi connectivity index (χ1v) is 8.44. The summed E-state index contributed by atoms with van der Waals surface area (Å²) in [5.74, 6) is 0. The van der Waals surface area contributed by atoms with E-state index >= 15 is 0 Å². The molecule has 1 atom stereocenters. The fourth-order valence-electron chi connectivity index (χ4n) is 2.80. The number of ether oxygens (including phenoxy) is 1. The number of morpholine rings is 1. The van der Waals surface area contributed by atoms with E-state index in [1.54, 1.807) is 0 Å². The minimum Gasteiger partial charge on any atom is -0.379 e. The van der Waals surface area contributed by atoms with Crippen LogP contribution in [0.3, 0.4) is 0 Å². The van der Waals surface area contributed by atoms with Crippen LogP contribution in [0.4, 0.5) is 0 Å². The van der Waals surface area contributed by atoms with Crippen LogP contribution in [0.1, 0.15) is 27.2 Å². The van der Waals surface area contributed by atoms with Gasteiger partial charge in [-0.05, 0) is 54.4 Å². The van der Waals surface area contributed by atoms with Gasteiger partial charge in [-0.1, -0.05) is 0 Å². The minimum absolute atomic E-state index is 0.438. The Morgan fingerprint density at radius 1 is 1.10 bits per heavy atom. The van der Waals surface area contributed by atoms with Gasteiger partial charge in [-0.15, -0.1) is 0 Å². The van der Waals surface area contributed by atoms with Gasteiger partial charge < -0.3 is 15.0 Å². The van der Waals surface area contributed by atoms with Gasteiger partial charge in [0.15, 0.2) is 0 Å². The molecule has 0 bridgehead atoms. The van der Waals surface area contributed by atoms with Crippen LogP contribution in [0, 0.1) is 0 Å². The summed E-state index contributed by atoms with van der Waals surface area (Å²) in [6.45, 7) is 15.3. The molecule has 5 nitrogen and oxygen atoms in total. The Hall–Kier alpha value is -0.200. The van der Waals surface area contributed by atoms with Crippen molar-refractivity contribution in [3.63, 3.8) is 0 Å². The van der Waals surface area contributed by atoms with Gasteiger partial charge in [-0.3, -0.25) is 9.80 Å². The fourth-order valence-corrected chi connectivity index (χ4v) is 2.80. The molecule has 0 aromatic rings. The minimum atomic E-state index is 0.438. The maximum atomic E-state index is 5.41. The average Bonchev–Trinajstić information content (AvgIpc) is 2.44. The molecular formula is C16H36N4O. The van der Waals surface area contributed by atoms with Gasteiger partial charge >= 0.3 is 0 Å². The number of hydrogen-bond acceptors (Lipinski definition) is 5. The van der Waals surface area contributed by atoms with Crippen LogP contribution in [0.15, 0.2) is 0 Å². The molecule has 1 fully saturated rings. The molecule has 0 radical (unpaired) electrons. The zero-order valence-electron chi connectivity index (χ0n) is 14.8. The van der Waals surface area contributed by atoms with Crippen molar-refractivity contribution in [1.29, 1.82) is 0 Å². The highest BCUT2D eigenvalue weighted by Crippen LogP contribution is 2.05. The van der Waals surface area contributed by atoms with E-state index < -0.39 is 0 Å². The van der Waals surface area contributed by atoms with E-state index in [1.807, 2.05) is 0 Å². The highest BCUT2D eigenvalue weighted by Gasteiger charge is 2.18. The van der Waals surface area contributed by atoms with Crippen LogP contribution in [0.25, 0.3) is 0 Å². The number of rotatable bonds is 10. The molecule has 21 heavy (non-hydrogen) atoms. The number of nitrogens with one attached hydrogen (secondary N) is 1. The first-order chi connectivity index (χ1) is 10.0. The maximum Gasteiger partial charge on any atom is 0.0594 e. The van der Waals surface area contributed by atoms with Crippen LogP contribution < -0.4 is 5.32 Å². The van der Waals surface area contributed by atoms with Crippen LogP contribution in [-0.4, -0.2) is 93.5 Å². The fraction of sp³-hybridized carbons (Fsp3) is 1.00. The van der Waals surface area contributed by atoms with Gasteiger partial charge in [0.1, 0.15) is 0 Å². The SMILES string of the molecule is CC(C)N(CCN1CCOCC1)C(C)NCCCN(C)C. The molecular weight excluding hydrogens is 264 g/mol. The third-order valence-electron chi connectivity index (χ3n) is 4.16.